The van der Waals surface area contributed by atoms with Crippen LogP contribution in [-0.4, -0.2) is 9.61 Å². The fraction of sp³-hybridized carbons (Fsp3) is 0.125. The Hall–Kier alpha value is -0.900. The lowest BCUT2D eigenvalue weighted by Gasteiger charge is -1.97. The van der Waals surface area contributed by atoms with E-state index in [0.717, 1.165) is 11.1 Å². The summed E-state index contributed by atoms with van der Waals surface area (Å²) in [6, 6.07) is 4.93. The molecule has 0 aliphatic rings. The standard InChI is InChI=1S/C8H6BrFN2/c1-5-2-3-8(10)12-6(5)4-7(9)11-12/h2-4H,1H3. The first kappa shape index (κ1) is 7.73. The molecule has 62 valence electrons. The third kappa shape index (κ3) is 1.03. The van der Waals surface area contributed by atoms with Crippen LogP contribution in [-0.2, 0) is 0 Å². The van der Waals surface area contributed by atoms with Crippen molar-refractivity contribution in [2.24, 2.45) is 0 Å². The van der Waals surface area contributed by atoms with Crippen molar-refractivity contribution < 1.29 is 4.39 Å². The number of hydrogen-bond donors (Lipinski definition) is 0. The average Bonchev–Trinajstić information content (AvgIpc) is 2.41. The van der Waals surface area contributed by atoms with Gasteiger partial charge in [-0.25, -0.2) is 4.52 Å². The summed E-state index contributed by atoms with van der Waals surface area (Å²) in [6.07, 6.45) is 0. The molecule has 0 unspecified atom stereocenters. The summed E-state index contributed by atoms with van der Waals surface area (Å²) in [6.45, 7) is 1.92. The first-order chi connectivity index (χ1) is 5.68. The van der Waals surface area contributed by atoms with Gasteiger partial charge in [-0.1, -0.05) is 6.07 Å². The maximum Gasteiger partial charge on any atom is 0.214 e. The van der Waals surface area contributed by atoms with E-state index in [1.54, 1.807) is 12.1 Å². The van der Waals surface area contributed by atoms with Crippen molar-refractivity contribution in [3.8, 4) is 0 Å². The van der Waals surface area contributed by atoms with Crippen LogP contribution in [0, 0.1) is 12.9 Å². The van der Waals surface area contributed by atoms with Gasteiger partial charge in [0.2, 0.25) is 5.95 Å². The molecule has 0 N–H and O–H groups in total. The zero-order chi connectivity index (χ0) is 8.72. The molecule has 2 aromatic rings. The lowest BCUT2D eigenvalue weighted by Crippen LogP contribution is -1.94. The predicted octanol–water partition coefficient (Wildman–Crippen LogP) is 2.54. The highest BCUT2D eigenvalue weighted by Gasteiger charge is 2.04. The van der Waals surface area contributed by atoms with E-state index in [0.29, 0.717) is 4.60 Å². The molecule has 0 aliphatic heterocycles. The van der Waals surface area contributed by atoms with Crippen molar-refractivity contribution in [3.63, 3.8) is 0 Å². The molecule has 4 heteroatoms. The van der Waals surface area contributed by atoms with E-state index in [4.69, 9.17) is 0 Å². The third-order valence-electron chi connectivity index (χ3n) is 1.76. The molecule has 0 saturated heterocycles. The zero-order valence-corrected chi connectivity index (χ0v) is 7.97. The molecule has 0 radical (unpaired) electrons. The van der Waals surface area contributed by atoms with Gasteiger partial charge in [0.15, 0.2) is 0 Å². The molecule has 0 aliphatic carbocycles. The van der Waals surface area contributed by atoms with Crippen molar-refractivity contribution in [2.75, 3.05) is 0 Å². The molecule has 2 aromatic heterocycles. The normalized spacial score (nSPS) is 10.9. The second-order valence-electron chi connectivity index (χ2n) is 2.60. The van der Waals surface area contributed by atoms with Crippen LogP contribution in [0.15, 0.2) is 22.8 Å². The second-order valence-corrected chi connectivity index (χ2v) is 3.42. The minimum absolute atomic E-state index is 0.346. The van der Waals surface area contributed by atoms with Crippen LogP contribution in [0.5, 0.6) is 0 Å². The minimum Gasteiger partial charge on any atom is -0.205 e. The second kappa shape index (κ2) is 2.55. The molecular formula is C8H6BrFN2. The zero-order valence-electron chi connectivity index (χ0n) is 6.38. The van der Waals surface area contributed by atoms with Gasteiger partial charge in [-0.2, -0.15) is 9.49 Å². The third-order valence-corrected chi connectivity index (χ3v) is 2.14. The van der Waals surface area contributed by atoms with Crippen LogP contribution in [0.1, 0.15) is 5.56 Å². The lowest BCUT2D eigenvalue weighted by atomic mass is 10.2. The van der Waals surface area contributed by atoms with Crippen LogP contribution in [0.4, 0.5) is 4.39 Å². The summed E-state index contributed by atoms with van der Waals surface area (Å²) in [5, 5.41) is 3.93. The summed E-state index contributed by atoms with van der Waals surface area (Å²) in [4.78, 5) is 0. The highest BCUT2D eigenvalue weighted by Crippen LogP contribution is 2.16. The number of pyridine rings is 1. The monoisotopic (exact) mass is 228 g/mol. The number of fused-ring (bicyclic) bond motifs is 1. The summed E-state index contributed by atoms with van der Waals surface area (Å²) in [5.41, 5.74) is 1.80. The van der Waals surface area contributed by atoms with E-state index in [2.05, 4.69) is 21.0 Å². The fourth-order valence-electron chi connectivity index (χ4n) is 1.15. The molecule has 0 bridgehead atoms. The first-order valence-electron chi connectivity index (χ1n) is 3.49. The molecule has 0 atom stereocenters. The van der Waals surface area contributed by atoms with Crippen LogP contribution >= 0.6 is 15.9 Å². The van der Waals surface area contributed by atoms with Gasteiger partial charge in [-0.3, -0.25) is 0 Å². The van der Waals surface area contributed by atoms with Gasteiger partial charge in [-0.15, -0.1) is 0 Å². The largest absolute Gasteiger partial charge is 0.214 e. The number of aryl methyl sites for hydroxylation is 1. The van der Waals surface area contributed by atoms with E-state index in [-0.39, 0.29) is 5.95 Å². The Bertz CT molecular complexity index is 397. The van der Waals surface area contributed by atoms with Crippen LogP contribution < -0.4 is 0 Å². The van der Waals surface area contributed by atoms with Crippen LogP contribution in [0.25, 0.3) is 5.52 Å². The van der Waals surface area contributed by atoms with Crippen molar-refractivity contribution >= 4 is 21.4 Å². The Morgan fingerprint density at radius 3 is 2.92 bits per heavy atom. The van der Waals surface area contributed by atoms with Crippen LogP contribution in [0.3, 0.4) is 0 Å². The average molecular weight is 229 g/mol. The minimum atomic E-state index is -0.346. The Labute approximate surface area is 77.1 Å². The van der Waals surface area contributed by atoms with E-state index >= 15 is 0 Å². The number of hydrogen-bond acceptors (Lipinski definition) is 1. The summed E-state index contributed by atoms with van der Waals surface area (Å²) >= 11 is 3.19. The van der Waals surface area contributed by atoms with Crippen molar-refractivity contribution in [3.05, 3.63) is 34.3 Å². The summed E-state index contributed by atoms with van der Waals surface area (Å²) in [7, 11) is 0. The van der Waals surface area contributed by atoms with Crippen molar-refractivity contribution in [2.45, 2.75) is 6.92 Å². The van der Waals surface area contributed by atoms with Gasteiger partial charge < -0.3 is 0 Å². The Balaban J connectivity index is 2.93. The van der Waals surface area contributed by atoms with E-state index < -0.39 is 0 Å². The van der Waals surface area contributed by atoms with Gasteiger partial charge in [0, 0.05) is 0 Å². The maximum atomic E-state index is 13.1. The number of nitrogens with zero attached hydrogens (tertiary/aromatic N) is 2. The Morgan fingerprint density at radius 2 is 2.25 bits per heavy atom. The molecule has 12 heavy (non-hydrogen) atoms. The maximum absolute atomic E-state index is 13.1. The molecule has 2 heterocycles. The first-order valence-corrected chi connectivity index (χ1v) is 4.28. The molecule has 0 aromatic carbocycles. The topological polar surface area (TPSA) is 17.3 Å². The molecule has 0 fully saturated rings. The van der Waals surface area contributed by atoms with Gasteiger partial charge in [0.05, 0.1) is 5.52 Å². The summed E-state index contributed by atoms with van der Waals surface area (Å²) < 4.78 is 15.0. The van der Waals surface area contributed by atoms with Crippen molar-refractivity contribution in [1.82, 2.24) is 9.61 Å². The highest BCUT2D eigenvalue weighted by molar-refractivity contribution is 9.10. The highest BCUT2D eigenvalue weighted by atomic mass is 79.9. The smallest absolute Gasteiger partial charge is 0.205 e. The van der Waals surface area contributed by atoms with Gasteiger partial charge >= 0.3 is 0 Å². The number of aromatic nitrogens is 2. The van der Waals surface area contributed by atoms with E-state index in [1.165, 1.54) is 10.6 Å². The van der Waals surface area contributed by atoms with Gasteiger partial charge in [0.1, 0.15) is 4.60 Å². The van der Waals surface area contributed by atoms with E-state index in [1.807, 2.05) is 6.92 Å². The van der Waals surface area contributed by atoms with Gasteiger partial charge in [-0.05, 0) is 40.5 Å². The predicted molar refractivity (Wildman–Crippen MR) is 47.6 cm³/mol. The Kier molecular flexibility index (Phi) is 1.65. The molecule has 2 nitrogen and oxygen atoms in total. The van der Waals surface area contributed by atoms with Gasteiger partial charge in [0.25, 0.3) is 0 Å². The van der Waals surface area contributed by atoms with E-state index in [9.17, 15) is 4.39 Å². The fourth-order valence-corrected chi connectivity index (χ4v) is 1.52. The SMILES string of the molecule is Cc1ccc(F)n2nc(Br)cc12. The lowest BCUT2D eigenvalue weighted by molar-refractivity contribution is 0.543. The number of rotatable bonds is 0. The molecular weight excluding hydrogens is 223 g/mol. The Morgan fingerprint density at radius 1 is 1.50 bits per heavy atom. The molecule has 0 saturated carbocycles. The molecule has 0 spiro atoms. The molecule has 0 amide bonds. The van der Waals surface area contributed by atoms with Crippen molar-refractivity contribution in [1.29, 1.82) is 0 Å². The quantitative estimate of drug-likeness (QED) is 0.634. The number of halogens is 2. The van der Waals surface area contributed by atoms with Crippen LogP contribution in [0.2, 0.25) is 0 Å². The summed E-state index contributed by atoms with van der Waals surface area (Å²) in [5.74, 6) is -0.346. The molecule has 2 rings (SSSR count).